The number of aromatic nitrogens is 2. The van der Waals surface area contributed by atoms with E-state index < -0.39 is 24.2 Å². The second-order valence-electron chi connectivity index (χ2n) is 7.30. The number of anilines is 3. The number of furan rings is 1. The van der Waals surface area contributed by atoms with Crippen LogP contribution in [0.5, 0.6) is 0 Å². The number of fused-ring (bicyclic) bond motifs is 1. The molecule has 3 heterocycles. The molecule has 2 amide bonds. The third-order valence-corrected chi connectivity index (χ3v) is 5.06. The van der Waals surface area contributed by atoms with Gasteiger partial charge in [-0.3, -0.25) is 9.59 Å². The van der Waals surface area contributed by atoms with Gasteiger partial charge in [0.2, 0.25) is 5.91 Å². The number of nitrogens with zero attached hydrogens (tertiary/aromatic N) is 2. The molecular formula is C21H20F3N5O3. The first kappa shape index (κ1) is 21.5. The van der Waals surface area contributed by atoms with E-state index in [1.165, 1.54) is 12.3 Å². The number of hydrogen-bond donors (Lipinski definition) is 3. The Balaban J connectivity index is 1.53. The van der Waals surface area contributed by atoms with Crippen LogP contribution in [0.15, 0.2) is 53.1 Å². The third kappa shape index (κ3) is 4.46. The lowest BCUT2D eigenvalue weighted by Crippen LogP contribution is -2.35. The van der Waals surface area contributed by atoms with Gasteiger partial charge < -0.3 is 20.4 Å². The van der Waals surface area contributed by atoms with E-state index in [0.29, 0.717) is 23.6 Å². The summed E-state index contributed by atoms with van der Waals surface area (Å²) in [5.74, 6) is -0.366. The summed E-state index contributed by atoms with van der Waals surface area (Å²) in [6.07, 6.45) is -3.15. The SMILES string of the molecule is CCC(=O)Nc1ccc(NC(=O)c2cc3n(n2)[C@@H](C(F)(F)F)C[C@@H](c2ccco2)N3)cc1. The fourth-order valence-corrected chi connectivity index (χ4v) is 3.44. The number of benzene rings is 1. The highest BCUT2D eigenvalue weighted by atomic mass is 19.4. The zero-order valence-electron chi connectivity index (χ0n) is 16.9. The fraction of sp³-hybridized carbons (Fsp3) is 0.286. The molecule has 4 rings (SSSR count). The van der Waals surface area contributed by atoms with Gasteiger partial charge in [0, 0.05) is 30.3 Å². The topological polar surface area (TPSA) is 101 Å². The molecule has 11 heteroatoms. The van der Waals surface area contributed by atoms with Gasteiger partial charge in [-0.25, -0.2) is 4.68 Å². The zero-order valence-corrected chi connectivity index (χ0v) is 16.9. The molecular weight excluding hydrogens is 427 g/mol. The molecule has 3 aromatic rings. The second kappa shape index (κ2) is 8.40. The summed E-state index contributed by atoms with van der Waals surface area (Å²) in [6, 6.07) is 8.22. The molecule has 3 N–H and O–H groups in total. The highest BCUT2D eigenvalue weighted by Crippen LogP contribution is 2.43. The molecule has 168 valence electrons. The van der Waals surface area contributed by atoms with Crippen LogP contribution in [0, 0.1) is 0 Å². The van der Waals surface area contributed by atoms with Crippen molar-refractivity contribution < 1.29 is 27.2 Å². The van der Waals surface area contributed by atoms with Crippen LogP contribution in [-0.4, -0.2) is 27.8 Å². The van der Waals surface area contributed by atoms with Gasteiger partial charge in [-0.15, -0.1) is 0 Å². The molecule has 0 spiro atoms. The Morgan fingerprint density at radius 2 is 1.88 bits per heavy atom. The molecule has 2 atom stereocenters. The normalized spacial score (nSPS) is 17.9. The van der Waals surface area contributed by atoms with E-state index in [1.54, 1.807) is 43.3 Å². The van der Waals surface area contributed by atoms with Crippen molar-refractivity contribution in [1.29, 1.82) is 0 Å². The molecule has 0 saturated carbocycles. The maximum absolute atomic E-state index is 13.7. The second-order valence-corrected chi connectivity index (χ2v) is 7.30. The number of carbonyl (C=O) groups excluding carboxylic acids is 2. The average Bonchev–Trinajstić information content (AvgIpc) is 3.43. The minimum atomic E-state index is -4.56. The van der Waals surface area contributed by atoms with Crippen molar-refractivity contribution in [2.75, 3.05) is 16.0 Å². The van der Waals surface area contributed by atoms with Crippen LogP contribution < -0.4 is 16.0 Å². The summed E-state index contributed by atoms with van der Waals surface area (Å²) < 4.78 is 47.1. The first-order chi connectivity index (χ1) is 15.2. The number of rotatable bonds is 5. The van der Waals surface area contributed by atoms with Crippen LogP contribution in [-0.2, 0) is 4.79 Å². The maximum atomic E-state index is 13.7. The van der Waals surface area contributed by atoms with Crippen molar-refractivity contribution in [3.05, 3.63) is 60.2 Å². The molecule has 1 aromatic carbocycles. The largest absolute Gasteiger partial charge is 0.467 e. The third-order valence-electron chi connectivity index (χ3n) is 5.06. The molecule has 1 aliphatic heterocycles. The lowest BCUT2D eigenvalue weighted by Gasteiger charge is -2.32. The first-order valence-corrected chi connectivity index (χ1v) is 9.92. The number of nitrogens with one attached hydrogen (secondary N) is 3. The Hall–Kier alpha value is -3.76. The summed E-state index contributed by atoms with van der Waals surface area (Å²) >= 11 is 0. The first-order valence-electron chi connectivity index (χ1n) is 9.92. The Bertz CT molecular complexity index is 1110. The minimum absolute atomic E-state index is 0.0720. The van der Waals surface area contributed by atoms with Gasteiger partial charge in [-0.1, -0.05) is 6.92 Å². The summed E-state index contributed by atoms with van der Waals surface area (Å²) in [6.45, 7) is 1.73. The molecule has 0 aliphatic carbocycles. The molecule has 2 aromatic heterocycles. The smallest absolute Gasteiger partial charge is 0.410 e. The van der Waals surface area contributed by atoms with Gasteiger partial charge in [0.05, 0.1) is 12.3 Å². The van der Waals surface area contributed by atoms with E-state index in [0.717, 1.165) is 4.68 Å². The van der Waals surface area contributed by atoms with Gasteiger partial charge in [0.15, 0.2) is 11.7 Å². The zero-order chi connectivity index (χ0) is 22.9. The number of halogens is 3. The lowest BCUT2D eigenvalue weighted by molar-refractivity contribution is -0.174. The van der Waals surface area contributed by atoms with Crippen LogP contribution in [0.2, 0.25) is 0 Å². The summed E-state index contributed by atoms with van der Waals surface area (Å²) in [5.41, 5.74) is 0.808. The number of carbonyl (C=O) groups is 2. The predicted molar refractivity (Wildman–Crippen MR) is 110 cm³/mol. The molecule has 0 fully saturated rings. The maximum Gasteiger partial charge on any atom is 0.410 e. The summed E-state index contributed by atoms with van der Waals surface area (Å²) in [5, 5.41) is 12.2. The minimum Gasteiger partial charge on any atom is -0.467 e. The Kier molecular flexibility index (Phi) is 5.64. The number of alkyl halides is 3. The Morgan fingerprint density at radius 1 is 1.19 bits per heavy atom. The summed E-state index contributed by atoms with van der Waals surface area (Å²) in [7, 11) is 0. The standard InChI is InChI=1S/C21H20F3N5O3/c1-2-19(30)25-12-5-7-13(8-6-12)26-20(31)15-11-18-27-14(16-4-3-9-32-16)10-17(21(22,23)24)29(18)28-15/h3-9,11,14,17,27H,2,10H2,1H3,(H,25,30)(H,26,31)/t14-,17+/m0/s1. The van der Waals surface area contributed by atoms with E-state index in [-0.39, 0.29) is 23.8 Å². The predicted octanol–water partition coefficient (Wildman–Crippen LogP) is 4.74. The van der Waals surface area contributed by atoms with E-state index in [4.69, 9.17) is 4.42 Å². The quantitative estimate of drug-likeness (QED) is 0.525. The van der Waals surface area contributed by atoms with E-state index in [9.17, 15) is 22.8 Å². The molecule has 0 unspecified atom stereocenters. The van der Waals surface area contributed by atoms with Crippen LogP contribution in [0.1, 0.15) is 48.1 Å². The van der Waals surface area contributed by atoms with Gasteiger partial charge in [-0.2, -0.15) is 18.3 Å². The van der Waals surface area contributed by atoms with Crippen molar-refractivity contribution in [3.8, 4) is 0 Å². The van der Waals surface area contributed by atoms with Crippen LogP contribution in [0.25, 0.3) is 0 Å². The highest BCUT2D eigenvalue weighted by molar-refractivity contribution is 6.03. The Labute approximate surface area is 180 Å². The van der Waals surface area contributed by atoms with Crippen molar-refractivity contribution in [2.45, 2.75) is 38.0 Å². The molecule has 0 saturated heterocycles. The molecule has 1 aliphatic rings. The van der Waals surface area contributed by atoms with Crippen LogP contribution in [0.4, 0.5) is 30.4 Å². The van der Waals surface area contributed by atoms with Crippen molar-refractivity contribution in [3.63, 3.8) is 0 Å². The Morgan fingerprint density at radius 3 is 2.47 bits per heavy atom. The lowest BCUT2D eigenvalue weighted by atomic mass is 10.0. The van der Waals surface area contributed by atoms with Crippen LogP contribution >= 0.6 is 0 Å². The number of hydrogen-bond acceptors (Lipinski definition) is 5. The molecule has 8 nitrogen and oxygen atoms in total. The van der Waals surface area contributed by atoms with Crippen molar-refractivity contribution in [1.82, 2.24) is 9.78 Å². The van der Waals surface area contributed by atoms with Gasteiger partial charge in [0.1, 0.15) is 11.6 Å². The fourth-order valence-electron chi connectivity index (χ4n) is 3.44. The van der Waals surface area contributed by atoms with E-state index >= 15 is 0 Å². The van der Waals surface area contributed by atoms with Crippen LogP contribution in [0.3, 0.4) is 0 Å². The van der Waals surface area contributed by atoms with E-state index in [1.807, 2.05) is 0 Å². The van der Waals surface area contributed by atoms with Gasteiger partial charge >= 0.3 is 6.18 Å². The van der Waals surface area contributed by atoms with Crippen molar-refractivity contribution >= 4 is 29.0 Å². The summed E-state index contributed by atoms with van der Waals surface area (Å²) in [4.78, 5) is 24.1. The van der Waals surface area contributed by atoms with E-state index in [2.05, 4.69) is 21.0 Å². The van der Waals surface area contributed by atoms with Gasteiger partial charge in [0.25, 0.3) is 5.91 Å². The average molecular weight is 447 g/mol. The van der Waals surface area contributed by atoms with Crippen molar-refractivity contribution in [2.24, 2.45) is 0 Å². The molecule has 0 radical (unpaired) electrons. The highest BCUT2D eigenvalue weighted by Gasteiger charge is 2.47. The molecule has 0 bridgehead atoms. The number of amides is 2. The monoisotopic (exact) mass is 447 g/mol. The van der Waals surface area contributed by atoms with Gasteiger partial charge in [-0.05, 0) is 36.4 Å². The molecule has 32 heavy (non-hydrogen) atoms.